The Morgan fingerprint density at radius 3 is 2.74 bits per heavy atom. The second kappa shape index (κ2) is 8.50. The van der Waals surface area contributed by atoms with Crippen LogP contribution in [0, 0.1) is 18.8 Å². The van der Waals surface area contributed by atoms with Gasteiger partial charge in [-0.1, -0.05) is 24.1 Å². The number of rotatable bonds is 6. The van der Waals surface area contributed by atoms with Gasteiger partial charge in [0.1, 0.15) is 19.0 Å². The van der Waals surface area contributed by atoms with Gasteiger partial charge in [-0.2, -0.15) is 0 Å². The monoisotopic (exact) mass is 366 g/mol. The predicted molar refractivity (Wildman–Crippen MR) is 101 cm³/mol. The number of hydrogen-bond donors (Lipinski definition) is 1. The Balaban J connectivity index is 1.59. The molecule has 0 aliphatic carbocycles. The van der Waals surface area contributed by atoms with Crippen LogP contribution in [0.5, 0.6) is 17.2 Å². The van der Waals surface area contributed by atoms with Crippen LogP contribution < -0.4 is 14.2 Å². The molecule has 1 aliphatic rings. The number of carboxylic acids is 1. The van der Waals surface area contributed by atoms with Crippen LogP contribution in [0.15, 0.2) is 42.5 Å². The number of fused-ring (bicyclic) bond motifs is 1. The maximum absolute atomic E-state index is 11.0. The highest BCUT2D eigenvalue weighted by molar-refractivity contribution is 5.69. The van der Waals surface area contributed by atoms with E-state index in [1.165, 1.54) is 0 Å². The van der Waals surface area contributed by atoms with Crippen LogP contribution in [0.4, 0.5) is 0 Å². The molecule has 5 heteroatoms. The Morgan fingerprint density at radius 1 is 1.26 bits per heavy atom. The van der Waals surface area contributed by atoms with Gasteiger partial charge in [0.2, 0.25) is 0 Å². The molecule has 0 spiro atoms. The van der Waals surface area contributed by atoms with Crippen molar-refractivity contribution in [3.8, 4) is 29.1 Å². The summed E-state index contributed by atoms with van der Waals surface area (Å²) in [5, 5.41) is 9.02. The minimum absolute atomic E-state index is 0.0207. The topological polar surface area (TPSA) is 65.0 Å². The molecular weight excluding hydrogens is 344 g/mol. The molecule has 0 radical (unpaired) electrons. The first-order valence-corrected chi connectivity index (χ1v) is 8.82. The summed E-state index contributed by atoms with van der Waals surface area (Å²) >= 11 is 0. The summed E-state index contributed by atoms with van der Waals surface area (Å²) in [5.41, 5.74) is 1.97. The molecule has 2 aromatic rings. The number of carboxylic acid groups (broad SMARTS) is 1. The lowest BCUT2D eigenvalue weighted by atomic mass is 9.96. The van der Waals surface area contributed by atoms with Gasteiger partial charge in [0.15, 0.2) is 17.6 Å². The SMILES string of the molecule is CC#C[C@@H](CC(=O)O)c1ccc(OC[C@H]2COc3ccc(C)cc3O2)cc1. The highest BCUT2D eigenvalue weighted by Crippen LogP contribution is 2.32. The van der Waals surface area contributed by atoms with Gasteiger partial charge in [0, 0.05) is 0 Å². The van der Waals surface area contributed by atoms with Gasteiger partial charge in [-0.3, -0.25) is 4.79 Å². The molecule has 0 saturated carbocycles. The highest BCUT2D eigenvalue weighted by atomic mass is 16.6. The van der Waals surface area contributed by atoms with Crippen molar-refractivity contribution in [2.75, 3.05) is 13.2 Å². The van der Waals surface area contributed by atoms with E-state index in [2.05, 4.69) is 11.8 Å². The van der Waals surface area contributed by atoms with Crippen LogP contribution in [0.2, 0.25) is 0 Å². The Hall–Kier alpha value is -3.13. The standard InChI is InChI=1S/C22H22O5/c1-3-4-17(12-22(23)24)16-6-8-18(9-7-16)25-13-19-14-26-20-10-5-15(2)11-21(20)27-19/h5-11,17,19H,12-14H2,1-2H3,(H,23,24)/t17-,19-/m0/s1. The molecule has 27 heavy (non-hydrogen) atoms. The van der Waals surface area contributed by atoms with E-state index in [9.17, 15) is 4.79 Å². The number of aliphatic carboxylic acids is 1. The molecular formula is C22H22O5. The summed E-state index contributed by atoms with van der Waals surface area (Å²) in [5.74, 6) is 6.72. The fraction of sp³-hybridized carbons (Fsp3) is 0.318. The lowest BCUT2D eigenvalue weighted by Crippen LogP contribution is -2.34. The maximum Gasteiger partial charge on any atom is 0.304 e. The van der Waals surface area contributed by atoms with Gasteiger partial charge in [-0.05, 0) is 49.2 Å². The minimum atomic E-state index is -0.868. The van der Waals surface area contributed by atoms with E-state index in [1.807, 2.05) is 49.4 Å². The Kier molecular flexibility index (Phi) is 5.87. The van der Waals surface area contributed by atoms with Gasteiger partial charge in [-0.15, -0.1) is 5.92 Å². The van der Waals surface area contributed by atoms with Crippen LogP contribution in [-0.4, -0.2) is 30.4 Å². The molecule has 0 unspecified atom stereocenters. The minimum Gasteiger partial charge on any atom is -0.490 e. The van der Waals surface area contributed by atoms with Crippen LogP contribution in [0.3, 0.4) is 0 Å². The zero-order valence-electron chi connectivity index (χ0n) is 15.4. The molecule has 140 valence electrons. The summed E-state index contributed by atoms with van der Waals surface area (Å²) in [6.45, 7) is 4.50. The van der Waals surface area contributed by atoms with Crippen molar-refractivity contribution in [1.82, 2.24) is 0 Å². The quantitative estimate of drug-likeness (QED) is 0.788. The second-order valence-corrected chi connectivity index (χ2v) is 6.43. The molecule has 0 amide bonds. The maximum atomic E-state index is 11.0. The van der Waals surface area contributed by atoms with Crippen molar-refractivity contribution in [3.63, 3.8) is 0 Å². The summed E-state index contributed by atoms with van der Waals surface area (Å²) < 4.78 is 17.5. The van der Waals surface area contributed by atoms with Crippen LogP contribution in [0.25, 0.3) is 0 Å². The zero-order valence-corrected chi connectivity index (χ0v) is 15.4. The number of aryl methyl sites for hydroxylation is 1. The van der Waals surface area contributed by atoms with E-state index < -0.39 is 5.97 Å². The molecule has 1 N–H and O–H groups in total. The fourth-order valence-corrected chi connectivity index (χ4v) is 2.89. The van der Waals surface area contributed by atoms with E-state index in [1.54, 1.807) is 6.92 Å². The van der Waals surface area contributed by atoms with Crippen molar-refractivity contribution in [3.05, 3.63) is 53.6 Å². The number of carbonyl (C=O) groups is 1. The molecule has 0 saturated heterocycles. The summed E-state index contributed by atoms with van der Waals surface area (Å²) in [7, 11) is 0. The summed E-state index contributed by atoms with van der Waals surface area (Å²) in [6.07, 6.45) is -0.211. The molecule has 2 aromatic carbocycles. The molecule has 5 nitrogen and oxygen atoms in total. The van der Waals surface area contributed by atoms with E-state index >= 15 is 0 Å². The largest absolute Gasteiger partial charge is 0.490 e. The van der Waals surface area contributed by atoms with Crippen LogP contribution in [-0.2, 0) is 4.79 Å². The van der Waals surface area contributed by atoms with Gasteiger partial charge >= 0.3 is 5.97 Å². The number of hydrogen-bond acceptors (Lipinski definition) is 4. The first-order valence-electron chi connectivity index (χ1n) is 8.82. The smallest absolute Gasteiger partial charge is 0.304 e. The van der Waals surface area contributed by atoms with Gasteiger partial charge in [0.05, 0.1) is 12.3 Å². The number of ether oxygens (including phenoxy) is 3. The first kappa shape index (κ1) is 18.7. The Labute approximate surface area is 158 Å². The summed E-state index contributed by atoms with van der Waals surface area (Å²) in [4.78, 5) is 11.0. The molecule has 1 heterocycles. The van der Waals surface area contributed by atoms with Crippen molar-refractivity contribution in [2.24, 2.45) is 0 Å². The predicted octanol–water partition coefficient (Wildman–Crippen LogP) is 3.80. The van der Waals surface area contributed by atoms with E-state index in [0.717, 1.165) is 22.6 Å². The van der Waals surface area contributed by atoms with Crippen LogP contribution >= 0.6 is 0 Å². The average Bonchev–Trinajstić information content (AvgIpc) is 2.66. The van der Waals surface area contributed by atoms with Crippen LogP contribution in [0.1, 0.15) is 30.4 Å². The van der Waals surface area contributed by atoms with Gasteiger partial charge in [0.25, 0.3) is 0 Å². The third kappa shape index (κ3) is 4.95. The normalized spacial score (nSPS) is 16.0. The molecule has 0 fully saturated rings. The third-order valence-electron chi connectivity index (χ3n) is 4.23. The lowest BCUT2D eigenvalue weighted by molar-refractivity contribution is -0.137. The fourth-order valence-electron chi connectivity index (χ4n) is 2.89. The van der Waals surface area contributed by atoms with Crippen molar-refractivity contribution in [2.45, 2.75) is 32.3 Å². The van der Waals surface area contributed by atoms with Gasteiger partial charge in [-0.25, -0.2) is 0 Å². The van der Waals surface area contributed by atoms with E-state index in [0.29, 0.717) is 19.0 Å². The third-order valence-corrected chi connectivity index (χ3v) is 4.23. The lowest BCUT2D eigenvalue weighted by Gasteiger charge is -2.26. The van der Waals surface area contributed by atoms with Crippen molar-refractivity contribution in [1.29, 1.82) is 0 Å². The van der Waals surface area contributed by atoms with Gasteiger partial charge < -0.3 is 19.3 Å². The number of benzene rings is 2. The molecule has 3 rings (SSSR count). The highest BCUT2D eigenvalue weighted by Gasteiger charge is 2.21. The van der Waals surface area contributed by atoms with E-state index in [4.69, 9.17) is 19.3 Å². The molecule has 0 aromatic heterocycles. The first-order chi connectivity index (χ1) is 13.0. The van der Waals surface area contributed by atoms with Crippen molar-refractivity contribution >= 4 is 5.97 Å². The Bertz CT molecular complexity index is 861. The zero-order chi connectivity index (χ0) is 19.2. The van der Waals surface area contributed by atoms with Crippen molar-refractivity contribution < 1.29 is 24.1 Å². The van der Waals surface area contributed by atoms with E-state index in [-0.39, 0.29) is 18.4 Å². The second-order valence-electron chi connectivity index (χ2n) is 6.43. The summed E-state index contributed by atoms with van der Waals surface area (Å²) in [6, 6.07) is 13.2. The molecule has 0 bridgehead atoms. The Morgan fingerprint density at radius 2 is 2.04 bits per heavy atom. The average molecular weight is 366 g/mol. The molecule has 2 atom stereocenters. The molecule has 1 aliphatic heterocycles.